The van der Waals surface area contributed by atoms with Gasteiger partial charge in [-0.25, -0.2) is 0 Å². The molecule has 0 aliphatic carbocycles. The third-order valence-electron chi connectivity index (χ3n) is 1.50. The van der Waals surface area contributed by atoms with Crippen molar-refractivity contribution in [3.8, 4) is 5.75 Å². The van der Waals surface area contributed by atoms with Crippen LogP contribution in [-0.2, 0) is 4.79 Å². The highest BCUT2D eigenvalue weighted by Crippen LogP contribution is 2.18. The van der Waals surface area contributed by atoms with Crippen LogP contribution < -0.4 is 4.74 Å². The molecule has 1 aromatic rings. The number of carbonyl (C=O) groups excluding carboxylic acids is 1. The van der Waals surface area contributed by atoms with E-state index in [1.807, 2.05) is 20.8 Å². The lowest BCUT2D eigenvalue weighted by Gasteiger charge is -2.15. The third-order valence-corrected chi connectivity index (χ3v) is 1.50. The topological polar surface area (TPSA) is 26.3 Å². The van der Waals surface area contributed by atoms with Crippen molar-refractivity contribution in [1.29, 1.82) is 0 Å². The standard InChI is InChI=1S/C11H13O2/c1-11(2,3)10(12)13-9-7-5-4-6-8-9/h4-5,7-8H,1-3H3. The first-order chi connectivity index (χ1) is 6.00. The van der Waals surface area contributed by atoms with Crippen molar-refractivity contribution >= 4 is 5.97 Å². The summed E-state index contributed by atoms with van der Waals surface area (Å²) >= 11 is 0. The maximum Gasteiger partial charge on any atom is 0.316 e. The van der Waals surface area contributed by atoms with Gasteiger partial charge in [-0.15, -0.1) is 0 Å². The molecule has 0 aromatic heterocycles. The number of hydrogen-bond donors (Lipinski definition) is 0. The van der Waals surface area contributed by atoms with Crippen molar-refractivity contribution in [2.75, 3.05) is 0 Å². The molecule has 0 unspecified atom stereocenters. The normalized spacial score (nSPS) is 11.0. The van der Waals surface area contributed by atoms with Crippen LogP contribution in [0.25, 0.3) is 0 Å². The van der Waals surface area contributed by atoms with Crippen LogP contribution in [0, 0.1) is 11.5 Å². The summed E-state index contributed by atoms with van der Waals surface area (Å²) in [7, 11) is 0. The Morgan fingerprint density at radius 3 is 2.62 bits per heavy atom. The van der Waals surface area contributed by atoms with E-state index in [-0.39, 0.29) is 5.97 Å². The van der Waals surface area contributed by atoms with E-state index in [4.69, 9.17) is 4.74 Å². The van der Waals surface area contributed by atoms with Gasteiger partial charge in [0.15, 0.2) is 0 Å². The van der Waals surface area contributed by atoms with Gasteiger partial charge in [-0.2, -0.15) is 0 Å². The molecule has 0 saturated heterocycles. The van der Waals surface area contributed by atoms with Crippen molar-refractivity contribution < 1.29 is 9.53 Å². The van der Waals surface area contributed by atoms with Crippen LogP contribution >= 0.6 is 0 Å². The van der Waals surface area contributed by atoms with Crippen molar-refractivity contribution in [3.63, 3.8) is 0 Å². The molecule has 69 valence electrons. The Morgan fingerprint density at radius 1 is 1.46 bits per heavy atom. The Hall–Kier alpha value is -1.31. The fourth-order valence-corrected chi connectivity index (χ4v) is 0.700. The molecule has 13 heavy (non-hydrogen) atoms. The minimum atomic E-state index is -0.462. The Bertz CT molecular complexity index is 283. The van der Waals surface area contributed by atoms with Crippen LogP contribution in [0.5, 0.6) is 5.75 Å². The highest BCUT2D eigenvalue weighted by atomic mass is 16.5. The van der Waals surface area contributed by atoms with Gasteiger partial charge < -0.3 is 4.74 Å². The van der Waals surface area contributed by atoms with Gasteiger partial charge in [-0.3, -0.25) is 4.79 Å². The number of carbonyl (C=O) groups is 1. The predicted molar refractivity (Wildman–Crippen MR) is 50.4 cm³/mol. The fraction of sp³-hybridized carbons (Fsp3) is 0.364. The average molecular weight is 177 g/mol. The van der Waals surface area contributed by atoms with Gasteiger partial charge >= 0.3 is 5.97 Å². The van der Waals surface area contributed by atoms with E-state index < -0.39 is 5.41 Å². The zero-order valence-electron chi connectivity index (χ0n) is 8.13. The summed E-state index contributed by atoms with van der Waals surface area (Å²) in [6, 6.07) is 9.76. The van der Waals surface area contributed by atoms with Crippen molar-refractivity contribution in [2.45, 2.75) is 20.8 Å². The van der Waals surface area contributed by atoms with Gasteiger partial charge in [0.05, 0.1) is 5.41 Å². The summed E-state index contributed by atoms with van der Waals surface area (Å²) in [6.45, 7) is 5.46. The molecular weight excluding hydrogens is 164 g/mol. The summed E-state index contributed by atoms with van der Waals surface area (Å²) in [5.41, 5.74) is -0.462. The molecule has 0 bridgehead atoms. The van der Waals surface area contributed by atoms with Gasteiger partial charge in [0.2, 0.25) is 0 Å². The quantitative estimate of drug-likeness (QED) is 0.486. The summed E-state index contributed by atoms with van der Waals surface area (Å²) < 4.78 is 5.11. The summed E-state index contributed by atoms with van der Waals surface area (Å²) in [4.78, 5) is 11.4. The van der Waals surface area contributed by atoms with Gasteiger partial charge in [-0.05, 0) is 39.0 Å². The minimum Gasteiger partial charge on any atom is -0.426 e. The molecule has 1 aromatic carbocycles. The first-order valence-electron chi connectivity index (χ1n) is 4.18. The van der Waals surface area contributed by atoms with E-state index in [0.717, 1.165) is 0 Å². The lowest BCUT2D eigenvalue weighted by Crippen LogP contribution is -2.25. The van der Waals surface area contributed by atoms with E-state index in [9.17, 15) is 4.79 Å². The second kappa shape index (κ2) is 3.60. The van der Waals surface area contributed by atoms with Crippen LogP contribution in [0.1, 0.15) is 20.8 Å². The number of ether oxygens (including phenoxy) is 1. The van der Waals surface area contributed by atoms with Crippen LogP contribution in [0.2, 0.25) is 0 Å². The van der Waals surface area contributed by atoms with E-state index >= 15 is 0 Å². The maximum absolute atomic E-state index is 11.4. The predicted octanol–water partition coefficient (Wildman–Crippen LogP) is 2.44. The zero-order valence-corrected chi connectivity index (χ0v) is 8.13. The smallest absolute Gasteiger partial charge is 0.316 e. The van der Waals surface area contributed by atoms with E-state index in [0.29, 0.717) is 5.75 Å². The Morgan fingerprint density at radius 2 is 2.15 bits per heavy atom. The number of benzene rings is 1. The molecule has 0 spiro atoms. The molecule has 1 radical (unpaired) electrons. The van der Waals surface area contributed by atoms with E-state index in [1.54, 1.807) is 24.3 Å². The number of esters is 1. The SMILES string of the molecule is CC(C)(C)C(=O)Oc1c[c]ccc1. The van der Waals surface area contributed by atoms with Crippen molar-refractivity contribution in [2.24, 2.45) is 5.41 Å². The number of rotatable bonds is 1. The Kier molecular flexibility index (Phi) is 2.71. The molecule has 2 nitrogen and oxygen atoms in total. The van der Waals surface area contributed by atoms with Gasteiger partial charge in [-0.1, -0.05) is 12.1 Å². The molecule has 0 heterocycles. The molecule has 0 aliphatic rings. The lowest BCUT2D eigenvalue weighted by molar-refractivity contribution is -0.142. The Labute approximate surface area is 78.5 Å². The summed E-state index contributed by atoms with van der Waals surface area (Å²) in [5.74, 6) is 0.314. The molecule has 0 atom stereocenters. The van der Waals surface area contributed by atoms with Crippen molar-refractivity contribution in [1.82, 2.24) is 0 Å². The number of hydrogen-bond acceptors (Lipinski definition) is 2. The molecule has 0 N–H and O–H groups in total. The molecule has 0 saturated carbocycles. The van der Waals surface area contributed by atoms with E-state index in [2.05, 4.69) is 6.07 Å². The molecular formula is C11H13O2. The fourth-order valence-electron chi connectivity index (χ4n) is 0.700. The van der Waals surface area contributed by atoms with Crippen LogP contribution in [0.4, 0.5) is 0 Å². The second-order valence-electron chi connectivity index (χ2n) is 3.88. The third kappa shape index (κ3) is 2.90. The molecule has 2 heteroatoms. The molecule has 1 rings (SSSR count). The summed E-state index contributed by atoms with van der Waals surface area (Å²) in [6.07, 6.45) is 0. The van der Waals surface area contributed by atoms with Gasteiger partial charge in [0, 0.05) is 0 Å². The van der Waals surface area contributed by atoms with Gasteiger partial charge in [0.25, 0.3) is 0 Å². The highest BCUT2D eigenvalue weighted by Gasteiger charge is 2.23. The zero-order chi connectivity index (χ0) is 9.90. The Balaban J connectivity index is 2.66. The summed E-state index contributed by atoms with van der Waals surface area (Å²) in [5, 5.41) is 0. The average Bonchev–Trinajstić information content (AvgIpc) is 2.04. The monoisotopic (exact) mass is 177 g/mol. The van der Waals surface area contributed by atoms with Crippen LogP contribution in [0.15, 0.2) is 24.3 Å². The van der Waals surface area contributed by atoms with Gasteiger partial charge in [0.1, 0.15) is 5.75 Å². The van der Waals surface area contributed by atoms with Crippen LogP contribution in [0.3, 0.4) is 0 Å². The largest absolute Gasteiger partial charge is 0.426 e. The second-order valence-corrected chi connectivity index (χ2v) is 3.88. The molecule has 0 amide bonds. The van der Waals surface area contributed by atoms with E-state index in [1.165, 1.54) is 0 Å². The van der Waals surface area contributed by atoms with Crippen LogP contribution in [-0.4, -0.2) is 5.97 Å². The first kappa shape index (κ1) is 9.78. The molecule has 0 fully saturated rings. The first-order valence-corrected chi connectivity index (χ1v) is 4.18. The molecule has 0 aliphatic heterocycles. The lowest BCUT2D eigenvalue weighted by atomic mass is 9.97. The van der Waals surface area contributed by atoms with Crippen molar-refractivity contribution in [3.05, 3.63) is 30.3 Å². The highest BCUT2D eigenvalue weighted by molar-refractivity contribution is 5.77. The minimum absolute atomic E-state index is 0.230. The maximum atomic E-state index is 11.4.